The molecule has 2 fully saturated rings. The van der Waals surface area contributed by atoms with E-state index in [1.807, 2.05) is 0 Å². The van der Waals surface area contributed by atoms with Gasteiger partial charge in [-0.05, 0) is 57.5 Å². The quantitative estimate of drug-likeness (QED) is 0.801. The Morgan fingerprint density at radius 1 is 1.23 bits per heavy atom. The minimum atomic E-state index is -0.553. The molecule has 1 aromatic carbocycles. The molecule has 0 aromatic heterocycles. The minimum absolute atomic E-state index is 0.223. The molecule has 4 atom stereocenters. The standard InChI is InChI=1S/C20H31FN2O3/c1-15-10-22(11-16(2)26-15)12-18-4-3-9-23(18)13-19(24)14-25-20-7-5-17(21)6-8-20/h5-8,15-16,18-19,24H,3-4,9-14H2,1-2H3/t15-,16+,18-,19+/m0/s1. The number of ether oxygens (including phenoxy) is 2. The van der Waals surface area contributed by atoms with Crippen molar-refractivity contribution in [3.8, 4) is 5.75 Å². The second-order valence-electron chi connectivity index (χ2n) is 7.69. The number of hydrogen-bond acceptors (Lipinski definition) is 5. The van der Waals surface area contributed by atoms with E-state index in [-0.39, 0.29) is 24.6 Å². The average molecular weight is 366 g/mol. The number of likely N-dealkylation sites (tertiary alicyclic amines) is 1. The van der Waals surface area contributed by atoms with Crippen LogP contribution in [0.3, 0.4) is 0 Å². The fourth-order valence-electron chi connectivity index (χ4n) is 4.12. The molecule has 0 spiro atoms. The summed E-state index contributed by atoms with van der Waals surface area (Å²) in [5, 5.41) is 10.4. The van der Waals surface area contributed by atoms with Crippen molar-refractivity contribution in [2.75, 3.05) is 39.3 Å². The molecule has 2 aliphatic rings. The fraction of sp³-hybridized carbons (Fsp3) is 0.700. The number of aliphatic hydroxyl groups is 1. The first-order valence-electron chi connectivity index (χ1n) is 9.68. The summed E-state index contributed by atoms with van der Waals surface area (Å²) in [4.78, 5) is 4.87. The first-order chi connectivity index (χ1) is 12.5. The molecule has 26 heavy (non-hydrogen) atoms. The van der Waals surface area contributed by atoms with Crippen LogP contribution < -0.4 is 4.74 Å². The topological polar surface area (TPSA) is 45.2 Å². The van der Waals surface area contributed by atoms with Crippen LogP contribution in [0.5, 0.6) is 5.75 Å². The highest BCUT2D eigenvalue weighted by Crippen LogP contribution is 2.21. The maximum absolute atomic E-state index is 12.9. The van der Waals surface area contributed by atoms with Crippen LogP contribution in [0.15, 0.2) is 24.3 Å². The molecule has 1 N–H and O–H groups in total. The van der Waals surface area contributed by atoms with E-state index in [0.717, 1.165) is 26.2 Å². The van der Waals surface area contributed by atoms with E-state index in [0.29, 0.717) is 18.3 Å². The van der Waals surface area contributed by atoms with Crippen LogP contribution >= 0.6 is 0 Å². The summed E-state index contributed by atoms with van der Waals surface area (Å²) >= 11 is 0. The fourth-order valence-corrected chi connectivity index (χ4v) is 4.12. The molecule has 0 radical (unpaired) electrons. The van der Waals surface area contributed by atoms with Crippen LogP contribution in [0.1, 0.15) is 26.7 Å². The normalized spacial score (nSPS) is 29.0. The maximum Gasteiger partial charge on any atom is 0.123 e. The van der Waals surface area contributed by atoms with Crippen molar-refractivity contribution in [2.45, 2.75) is 51.0 Å². The Morgan fingerprint density at radius 2 is 1.92 bits per heavy atom. The predicted octanol–water partition coefficient (Wildman–Crippen LogP) is 2.14. The zero-order chi connectivity index (χ0) is 18.5. The van der Waals surface area contributed by atoms with Crippen LogP contribution in [0.2, 0.25) is 0 Å². The van der Waals surface area contributed by atoms with Crippen molar-refractivity contribution in [2.24, 2.45) is 0 Å². The molecule has 2 aliphatic heterocycles. The van der Waals surface area contributed by atoms with Crippen LogP contribution in [-0.4, -0.2) is 78.6 Å². The molecule has 3 rings (SSSR count). The number of morpholine rings is 1. The van der Waals surface area contributed by atoms with Gasteiger partial charge in [-0.1, -0.05) is 0 Å². The van der Waals surface area contributed by atoms with Crippen molar-refractivity contribution in [3.05, 3.63) is 30.1 Å². The highest BCUT2D eigenvalue weighted by atomic mass is 19.1. The second kappa shape index (κ2) is 9.13. The molecular weight excluding hydrogens is 335 g/mol. The number of rotatable bonds is 7. The summed E-state index contributed by atoms with van der Waals surface area (Å²) in [5.41, 5.74) is 0. The molecule has 0 aliphatic carbocycles. The van der Waals surface area contributed by atoms with Gasteiger partial charge in [0.2, 0.25) is 0 Å². The number of hydrogen-bond donors (Lipinski definition) is 1. The lowest BCUT2D eigenvalue weighted by atomic mass is 10.1. The highest BCUT2D eigenvalue weighted by molar-refractivity contribution is 5.22. The third-order valence-electron chi connectivity index (χ3n) is 5.16. The predicted molar refractivity (Wildman–Crippen MR) is 98.9 cm³/mol. The van der Waals surface area contributed by atoms with Gasteiger partial charge in [-0.2, -0.15) is 0 Å². The number of benzene rings is 1. The number of nitrogens with zero attached hydrogens (tertiary/aromatic N) is 2. The van der Waals surface area contributed by atoms with Crippen molar-refractivity contribution in [1.29, 1.82) is 0 Å². The second-order valence-corrected chi connectivity index (χ2v) is 7.69. The molecule has 2 saturated heterocycles. The third-order valence-corrected chi connectivity index (χ3v) is 5.16. The first kappa shape index (κ1) is 19.5. The van der Waals surface area contributed by atoms with Gasteiger partial charge in [0.15, 0.2) is 0 Å². The molecule has 146 valence electrons. The molecule has 1 aromatic rings. The summed E-state index contributed by atoms with van der Waals surface area (Å²) < 4.78 is 24.3. The Labute approximate surface area is 155 Å². The lowest BCUT2D eigenvalue weighted by Gasteiger charge is -2.38. The van der Waals surface area contributed by atoms with Crippen molar-refractivity contribution in [1.82, 2.24) is 9.80 Å². The number of β-amino-alcohol motifs (C(OH)–C–C–N with tert-alkyl or cyclic N) is 1. The molecule has 0 amide bonds. The van der Waals surface area contributed by atoms with E-state index in [4.69, 9.17) is 9.47 Å². The summed E-state index contributed by atoms with van der Waals surface area (Å²) in [7, 11) is 0. The molecule has 2 heterocycles. The van der Waals surface area contributed by atoms with Crippen LogP contribution in [0.4, 0.5) is 4.39 Å². The average Bonchev–Trinajstić information content (AvgIpc) is 3.00. The smallest absolute Gasteiger partial charge is 0.123 e. The number of aliphatic hydroxyl groups excluding tert-OH is 1. The van der Waals surface area contributed by atoms with Gasteiger partial charge in [0.1, 0.15) is 24.3 Å². The van der Waals surface area contributed by atoms with Gasteiger partial charge in [0, 0.05) is 32.2 Å². The first-order valence-corrected chi connectivity index (χ1v) is 9.68. The Hall–Kier alpha value is -1.21. The Morgan fingerprint density at radius 3 is 2.62 bits per heavy atom. The maximum atomic E-state index is 12.9. The van der Waals surface area contributed by atoms with Gasteiger partial charge in [0.25, 0.3) is 0 Å². The van der Waals surface area contributed by atoms with Crippen LogP contribution in [-0.2, 0) is 4.74 Å². The van der Waals surface area contributed by atoms with Crippen molar-refractivity contribution < 1.29 is 19.0 Å². The zero-order valence-corrected chi connectivity index (χ0v) is 15.8. The van der Waals surface area contributed by atoms with Crippen molar-refractivity contribution in [3.63, 3.8) is 0 Å². The van der Waals surface area contributed by atoms with E-state index in [2.05, 4.69) is 23.6 Å². The highest BCUT2D eigenvalue weighted by Gasteiger charge is 2.30. The van der Waals surface area contributed by atoms with E-state index in [1.54, 1.807) is 12.1 Å². The largest absolute Gasteiger partial charge is 0.491 e. The molecule has 0 bridgehead atoms. The van der Waals surface area contributed by atoms with Crippen LogP contribution in [0.25, 0.3) is 0 Å². The lowest BCUT2D eigenvalue weighted by Crippen LogP contribution is -2.51. The van der Waals surface area contributed by atoms with E-state index in [1.165, 1.54) is 25.0 Å². The van der Waals surface area contributed by atoms with E-state index < -0.39 is 6.10 Å². The SMILES string of the molecule is C[C@@H]1CN(C[C@@H]2CCCN2C[C@@H](O)COc2ccc(F)cc2)C[C@H](C)O1. The van der Waals surface area contributed by atoms with Gasteiger partial charge in [-0.15, -0.1) is 0 Å². The van der Waals surface area contributed by atoms with Gasteiger partial charge >= 0.3 is 0 Å². The van der Waals surface area contributed by atoms with E-state index in [9.17, 15) is 9.50 Å². The number of halogens is 1. The summed E-state index contributed by atoms with van der Waals surface area (Å²) in [6.07, 6.45) is 2.35. The molecular formula is C20H31FN2O3. The van der Waals surface area contributed by atoms with Crippen LogP contribution in [0, 0.1) is 5.82 Å². The lowest BCUT2D eigenvalue weighted by molar-refractivity contribution is -0.0731. The summed E-state index contributed by atoms with van der Waals surface area (Å²) in [6.45, 7) is 9.10. The molecule has 5 nitrogen and oxygen atoms in total. The van der Waals surface area contributed by atoms with Gasteiger partial charge in [-0.3, -0.25) is 9.80 Å². The third kappa shape index (κ3) is 5.64. The van der Waals surface area contributed by atoms with Crippen molar-refractivity contribution >= 4 is 0 Å². The minimum Gasteiger partial charge on any atom is -0.491 e. The summed E-state index contributed by atoms with van der Waals surface area (Å²) in [6, 6.07) is 6.38. The Balaban J connectivity index is 1.44. The van der Waals surface area contributed by atoms with Gasteiger partial charge in [0.05, 0.1) is 12.2 Å². The molecule has 0 unspecified atom stereocenters. The Bertz CT molecular complexity index is 546. The van der Waals surface area contributed by atoms with Gasteiger partial charge in [-0.25, -0.2) is 4.39 Å². The monoisotopic (exact) mass is 366 g/mol. The Kier molecular flexibility index (Phi) is 6.86. The van der Waals surface area contributed by atoms with E-state index >= 15 is 0 Å². The summed E-state index contributed by atoms with van der Waals surface area (Å²) in [5.74, 6) is 0.296. The van der Waals surface area contributed by atoms with Gasteiger partial charge < -0.3 is 14.6 Å². The molecule has 6 heteroatoms. The molecule has 0 saturated carbocycles. The zero-order valence-electron chi connectivity index (χ0n) is 15.8.